The van der Waals surface area contributed by atoms with Gasteiger partial charge in [0.2, 0.25) is 0 Å². The zero-order valence-corrected chi connectivity index (χ0v) is 13.0. The summed E-state index contributed by atoms with van der Waals surface area (Å²) < 4.78 is 5.26. The number of nitrogens with one attached hydrogen (secondary N) is 2. The number of halogens is 1. The van der Waals surface area contributed by atoms with E-state index in [4.69, 9.17) is 16.0 Å². The molecule has 0 radical (unpaired) electrons. The molecule has 116 valence electrons. The average Bonchev–Trinajstić information content (AvgIpc) is 3.08. The number of carbonyl (C=O) groups is 1. The van der Waals surface area contributed by atoms with Crippen molar-refractivity contribution in [2.45, 2.75) is 6.54 Å². The Morgan fingerprint density at radius 3 is 2.39 bits per heavy atom. The van der Waals surface area contributed by atoms with Crippen LogP contribution in [0.3, 0.4) is 0 Å². The molecule has 0 saturated heterocycles. The van der Waals surface area contributed by atoms with Crippen LogP contribution in [-0.4, -0.2) is 5.91 Å². The van der Waals surface area contributed by atoms with Gasteiger partial charge in [0.15, 0.2) is 0 Å². The minimum Gasteiger partial charge on any atom is -0.467 e. The standard InChI is InChI=1S/C18H15ClN2O2/c19-17-6-2-1-5-16(17)18(22)21-14-9-7-13(8-10-14)20-12-15-4-3-11-23-15/h1-11,20H,12H2,(H,21,22). The molecular weight excluding hydrogens is 312 g/mol. The molecule has 0 spiro atoms. The molecule has 2 N–H and O–H groups in total. The van der Waals surface area contributed by atoms with Crippen molar-refractivity contribution in [3.8, 4) is 0 Å². The van der Waals surface area contributed by atoms with Gasteiger partial charge in [-0.15, -0.1) is 0 Å². The molecule has 1 heterocycles. The van der Waals surface area contributed by atoms with E-state index in [1.807, 2.05) is 36.4 Å². The first kappa shape index (κ1) is 15.2. The molecule has 0 bridgehead atoms. The predicted molar refractivity (Wildman–Crippen MR) is 91.9 cm³/mol. The molecule has 0 fully saturated rings. The van der Waals surface area contributed by atoms with Gasteiger partial charge in [0, 0.05) is 11.4 Å². The highest BCUT2D eigenvalue weighted by Crippen LogP contribution is 2.19. The van der Waals surface area contributed by atoms with Gasteiger partial charge in [0.1, 0.15) is 5.76 Å². The summed E-state index contributed by atoms with van der Waals surface area (Å²) in [4.78, 5) is 12.2. The third kappa shape index (κ3) is 3.93. The highest BCUT2D eigenvalue weighted by atomic mass is 35.5. The molecule has 0 unspecified atom stereocenters. The first-order valence-electron chi connectivity index (χ1n) is 7.14. The van der Waals surface area contributed by atoms with Crippen molar-refractivity contribution in [3.63, 3.8) is 0 Å². The molecule has 1 amide bonds. The lowest BCUT2D eigenvalue weighted by molar-refractivity contribution is 0.102. The number of carbonyl (C=O) groups excluding carboxylic acids is 1. The van der Waals surface area contributed by atoms with Gasteiger partial charge in [-0.3, -0.25) is 4.79 Å². The van der Waals surface area contributed by atoms with E-state index in [9.17, 15) is 4.79 Å². The Morgan fingerprint density at radius 2 is 1.70 bits per heavy atom. The van der Waals surface area contributed by atoms with Crippen LogP contribution in [0, 0.1) is 0 Å². The zero-order valence-electron chi connectivity index (χ0n) is 12.3. The van der Waals surface area contributed by atoms with E-state index in [-0.39, 0.29) is 5.91 Å². The van der Waals surface area contributed by atoms with Crippen molar-refractivity contribution in [2.75, 3.05) is 10.6 Å². The Balaban J connectivity index is 1.61. The Morgan fingerprint density at radius 1 is 0.957 bits per heavy atom. The molecule has 3 rings (SSSR count). The maximum absolute atomic E-state index is 12.2. The zero-order chi connectivity index (χ0) is 16.1. The Labute approximate surface area is 139 Å². The van der Waals surface area contributed by atoms with E-state index in [0.717, 1.165) is 11.4 Å². The second-order valence-electron chi connectivity index (χ2n) is 4.94. The number of benzene rings is 2. The maximum atomic E-state index is 12.2. The normalized spacial score (nSPS) is 10.3. The van der Waals surface area contributed by atoms with Crippen molar-refractivity contribution >= 4 is 28.9 Å². The molecule has 0 aliphatic rings. The van der Waals surface area contributed by atoms with Crippen LogP contribution in [0.5, 0.6) is 0 Å². The van der Waals surface area contributed by atoms with E-state index in [2.05, 4.69) is 10.6 Å². The molecular formula is C18H15ClN2O2. The minimum absolute atomic E-state index is 0.230. The van der Waals surface area contributed by atoms with E-state index < -0.39 is 0 Å². The quantitative estimate of drug-likeness (QED) is 0.708. The van der Waals surface area contributed by atoms with Crippen LogP contribution < -0.4 is 10.6 Å². The fraction of sp³-hybridized carbons (Fsp3) is 0.0556. The lowest BCUT2D eigenvalue weighted by atomic mass is 10.2. The van der Waals surface area contributed by atoms with Gasteiger partial charge in [-0.05, 0) is 48.5 Å². The van der Waals surface area contributed by atoms with E-state index in [1.165, 1.54) is 0 Å². The van der Waals surface area contributed by atoms with Gasteiger partial charge in [0.25, 0.3) is 5.91 Å². The molecule has 5 heteroatoms. The van der Waals surface area contributed by atoms with Crippen molar-refractivity contribution in [1.82, 2.24) is 0 Å². The highest BCUT2D eigenvalue weighted by Gasteiger charge is 2.09. The van der Waals surface area contributed by atoms with Crippen molar-refractivity contribution in [2.24, 2.45) is 0 Å². The molecule has 0 atom stereocenters. The van der Waals surface area contributed by atoms with Crippen LogP contribution in [0.4, 0.5) is 11.4 Å². The van der Waals surface area contributed by atoms with E-state index in [1.54, 1.807) is 30.5 Å². The van der Waals surface area contributed by atoms with Crippen molar-refractivity contribution in [3.05, 3.63) is 83.3 Å². The van der Waals surface area contributed by atoms with Crippen LogP contribution in [0.15, 0.2) is 71.3 Å². The van der Waals surface area contributed by atoms with E-state index in [0.29, 0.717) is 22.8 Å². The molecule has 2 aromatic carbocycles. The predicted octanol–water partition coefficient (Wildman–Crippen LogP) is 4.80. The fourth-order valence-corrected chi connectivity index (χ4v) is 2.34. The maximum Gasteiger partial charge on any atom is 0.257 e. The molecule has 3 aromatic rings. The Hall–Kier alpha value is -2.72. The molecule has 1 aromatic heterocycles. The van der Waals surface area contributed by atoms with Crippen LogP contribution >= 0.6 is 11.6 Å². The van der Waals surface area contributed by atoms with Gasteiger partial charge in [-0.2, -0.15) is 0 Å². The molecule has 23 heavy (non-hydrogen) atoms. The first-order chi connectivity index (χ1) is 11.2. The summed E-state index contributed by atoms with van der Waals surface area (Å²) in [5, 5.41) is 6.50. The second kappa shape index (κ2) is 7.03. The summed E-state index contributed by atoms with van der Waals surface area (Å²) >= 11 is 6.02. The number of hydrogen-bond acceptors (Lipinski definition) is 3. The number of anilines is 2. The largest absolute Gasteiger partial charge is 0.467 e. The summed E-state index contributed by atoms with van der Waals surface area (Å²) in [6, 6.07) is 18.2. The van der Waals surface area contributed by atoms with Crippen molar-refractivity contribution in [1.29, 1.82) is 0 Å². The van der Waals surface area contributed by atoms with Gasteiger partial charge in [0.05, 0.1) is 23.4 Å². The Kier molecular flexibility index (Phi) is 4.64. The van der Waals surface area contributed by atoms with Crippen LogP contribution in [0.1, 0.15) is 16.1 Å². The van der Waals surface area contributed by atoms with Gasteiger partial charge in [-0.25, -0.2) is 0 Å². The third-order valence-corrected chi connectivity index (χ3v) is 3.64. The highest BCUT2D eigenvalue weighted by molar-refractivity contribution is 6.34. The smallest absolute Gasteiger partial charge is 0.257 e. The van der Waals surface area contributed by atoms with Crippen LogP contribution in [-0.2, 0) is 6.54 Å². The monoisotopic (exact) mass is 326 g/mol. The number of rotatable bonds is 5. The molecule has 0 aliphatic carbocycles. The second-order valence-corrected chi connectivity index (χ2v) is 5.35. The van der Waals surface area contributed by atoms with Crippen LogP contribution in [0.25, 0.3) is 0 Å². The third-order valence-electron chi connectivity index (χ3n) is 3.31. The van der Waals surface area contributed by atoms with Gasteiger partial charge >= 0.3 is 0 Å². The topological polar surface area (TPSA) is 54.3 Å². The average molecular weight is 327 g/mol. The fourth-order valence-electron chi connectivity index (χ4n) is 2.12. The first-order valence-corrected chi connectivity index (χ1v) is 7.52. The Bertz CT molecular complexity index is 783. The van der Waals surface area contributed by atoms with Gasteiger partial charge < -0.3 is 15.1 Å². The summed E-state index contributed by atoms with van der Waals surface area (Å²) in [7, 11) is 0. The summed E-state index contributed by atoms with van der Waals surface area (Å²) in [5.41, 5.74) is 2.10. The van der Waals surface area contributed by atoms with Crippen molar-refractivity contribution < 1.29 is 9.21 Å². The lowest BCUT2D eigenvalue weighted by Gasteiger charge is -2.08. The molecule has 0 aliphatic heterocycles. The summed E-state index contributed by atoms with van der Waals surface area (Å²) in [6.07, 6.45) is 1.64. The molecule has 4 nitrogen and oxygen atoms in total. The number of furan rings is 1. The van der Waals surface area contributed by atoms with Gasteiger partial charge in [-0.1, -0.05) is 23.7 Å². The summed E-state index contributed by atoms with van der Waals surface area (Å²) in [5.74, 6) is 0.632. The molecule has 0 saturated carbocycles. The SMILES string of the molecule is O=C(Nc1ccc(NCc2ccco2)cc1)c1ccccc1Cl. The van der Waals surface area contributed by atoms with Crippen LogP contribution in [0.2, 0.25) is 5.02 Å². The summed E-state index contributed by atoms with van der Waals surface area (Å²) in [6.45, 7) is 0.609. The minimum atomic E-state index is -0.230. The number of hydrogen-bond donors (Lipinski definition) is 2. The number of amides is 1. The van der Waals surface area contributed by atoms with E-state index >= 15 is 0 Å². The lowest BCUT2D eigenvalue weighted by Crippen LogP contribution is -2.12.